The van der Waals surface area contributed by atoms with E-state index < -0.39 is 0 Å². The molecule has 2 unspecified atom stereocenters. The maximum absolute atomic E-state index is 5.23. The normalized spacial score (nSPS) is 14.7. The van der Waals surface area contributed by atoms with E-state index in [1.807, 2.05) is 11.3 Å². The number of ether oxygens (including phenoxy) is 1. The van der Waals surface area contributed by atoms with Crippen LogP contribution in [0, 0.1) is 5.92 Å². The van der Waals surface area contributed by atoms with E-state index in [1.165, 1.54) is 15.8 Å². The Kier molecular flexibility index (Phi) is 8.15. The number of thiophene rings is 1. The summed E-state index contributed by atoms with van der Waals surface area (Å²) in [6.45, 7) is 6.40. The predicted molar refractivity (Wildman–Crippen MR) is 83.5 cm³/mol. The maximum atomic E-state index is 5.23. The molecular formula is C14H24BrNOS. The first kappa shape index (κ1) is 16.2. The van der Waals surface area contributed by atoms with Gasteiger partial charge >= 0.3 is 0 Å². The Morgan fingerprint density at radius 3 is 2.83 bits per heavy atom. The van der Waals surface area contributed by atoms with E-state index in [4.69, 9.17) is 4.74 Å². The van der Waals surface area contributed by atoms with Crippen LogP contribution in [0.1, 0.15) is 31.6 Å². The van der Waals surface area contributed by atoms with Crippen LogP contribution in [-0.4, -0.2) is 26.3 Å². The SMILES string of the molecule is CCCNC(Cc1sccc1Br)CC(C)COC. The molecule has 0 spiro atoms. The second-order valence-electron chi connectivity index (χ2n) is 4.84. The van der Waals surface area contributed by atoms with Crippen molar-refractivity contribution in [2.45, 2.75) is 39.2 Å². The van der Waals surface area contributed by atoms with Gasteiger partial charge in [-0.2, -0.15) is 0 Å². The van der Waals surface area contributed by atoms with E-state index in [9.17, 15) is 0 Å². The highest BCUT2D eigenvalue weighted by Crippen LogP contribution is 2.25. The summed E-state index contributed by atoms with van der Waals surface area (Å²) < 4.78 is 6.48. The molecule has 0 radical (unpaired) electrons. The molecule has 18 heavy (non-hydrogen) atoms. The largest absolute Gasteiger partial charge is 0.384 e. The first-order chi connectivity index (χ1) is 8.67. The minimum absolute atomic E-state index is 0.546. The third-order valence-electron chi connectivity index (χ3n) is 2.94. The highest BCUT2D eigenvalue weighted by atomic mass is 79.9. The third kappa shape index (κ3) is 5.83. The number of halogens is 1. The van der Waals surface area contributed by atoms with Crippen molar-refractivity contribution in [2.24, 2.45) is 5.92 Å². The van der Waals surface area contributed by atoms with Crippen molar-refractivity contribution in [3.8, 4) is 0 Å². The lowest BCUT2D eigenvalue weighted by atomic mass is 9.99. The lowest BCUT2D eigenvalue weighted by Crippen LogP contribution is -2.34. The van der Waals surface area contributed by atoms with Gasteiger partial charge < -0.3 is 10.1 Å². The molecule has 2 nitrogen and oxygen atoms in total. The molecule has 1 aromatic heterocycles. The fourth-order valence-electron chi connectivity index (χ4n) is 2.12. The van der Waals surface area contributed by atoms with Crippen molar-refractivity contribution >= 4 is 27.3 Å². The molecule has 0 saturated heterocycles. The van der Waals surface area contributed by atoms with Gasteiger partial charge in [0.1, 0.15) is 0 Å². The van der Waals surface area contributed by atoms with Crippen LogP contribution in [0.4, 0.5) is 0 Å². The number of hydrogen-bond donors (Lipinski definition) is 1. The molecule has 0 saturated carbocycles. The molecule has 0 bridgehead atoms. The van der Waals surface area contributed by atoms with Crippen LogP contribution in [-0.2, 0) is 11.2 Å². The summed E-state index contributed by atoms with van der Waals surface area (Å²) in [5.74, 6) is 0.600. The Morgan fingerprint density at radius 2 is 2.28 bits per heavy atom. The van der Waals surface area contributed by atoms with Gasteiger partial charge in [0.2, 0.25) is 0 Å². The zero-order chi connectivity index (χ0) is 13.4. The Morgan fingerprint density at radius 1 is 1.50 bits per heavy atom. The molecular weight excluding hydrogens is 310 g/mol. The Balaban J connectivity index is 2.52. The molecule has 0 aliphatic rings. The molecule has 0 aliphatic carbocycles. The van der Waals surface area contributed by atoms with Crippen molar-refractivity contribution in [3.63, 3.8) is 0 Å². The van der Waals surface area contributed by atoms with E-state index in [0.717, 1.165) is 26.0 Å². The summed E-state index contributed by atoms with van der Waals surface area (Å²) in [6.07, 6.45) is 3.45. The Labute approximate surface area is 123 Å². The van der Waals surface area contributed by atoms with Gasteiger partial charge in [0.05, 0.1) is 0 Å². The molecule has 4 heteroatoms. The summed E-state index contributed by atoms with van der Waals surface area (Å²) >= 11 is 5.45. The van der Waals surface area contributed by atoms with Gasteiger partial charge in [-0.1, -0.05) is 13.8 Å². The molecule has 1 heterocycles. The predicted octanol–water partition coefficient (Wildman–Crippen LogP) is 4.09. The van der Waals surface area contributed by atoms with Crippen molar-refractivity contribution in [1.29, 1.82) is 0 Å². The van der Waals surface area contributed by atoms with Crippen molar-refractivity contribution in [1.82, 2.24) is 5.32 Å². The monoisotopic (exact) mass is 333 g/mol. The van der Waals surface area contributed by atoms with Gasteiger partial charge in [-0.25, -0.2) is 0 Å². The van der Waals surface area contributed by atoms with Crippen molar-refractivity contribution in [2.75, 3.05) is 20.3 Å². The maximum Gasteiger partial charge on any atom is 0.0488 e. The molecule has 0 aromatic carbocycles. The van der Waals surface area contributed by atoms with E-state index in [2.05, 4.69) is 46.5 Å². The van der Waals surface area contributed by atoms with Crippen molar-refractivity contribution < 1.29 is 4.74 Å². The quantitative estimate of drug-likeness (QED) is 0.734. The van der Waals surface area contributed by atoms with Gasteiger partial charge in [0.15, 0.2) is 0 Å². The summed E-state index contributed by atoms with van der Waals surface area (Å²) in [4.78, 5) is 1.44. The topological polar surface area (TPSA) is 21.3 Å². The molecule has 0 amide bonds. The van der Waals surface area contributed by atoms with Crippen LogP contribution in [0.2, 0.25) is 0 Å². The average molecular weight is 334 g/mol. The summed E-state index contributed by atoms with van der Waals surface area (Å²) in [5.41, 5.74) is 0. The molecule has 1 rings (SSSR count). The first-order valence-electron chi connectivity index (χ1n) is 6.61. The van der Waals surface area contributed by atoms with Crippen LogP contribution < -0.4 is 5.32 Å². The van der Waals surface area contributed by atoms with Crippen LogP contribution in [0.15, 0.2) is 15.9 Å². The zero-order valence-corrected chi connectivity index (χ0v) is 13.9. The van der Waals surface area contributed by atoms with Gasteiger partial charge in [0, 0.05) is 29.1 Å². The highest BCUT2D eigenvalue weighted by Gasteiger charge is 2.15. The first-order valence-corrected chi connectivity index (χ1v) is 8.28. The average Bonchev–Trinajstić information content (AvgIpc) is 2.72. The minimum Gasteiger partial charge on any atom is -0.384 e. The summed E-state index contributed by atoms with van der Waals surface area (Å²) in [5, 5.41) is 5.80. The smallest absolute Gasteiger partial charge is 0.0488 e. The van der Waals surface area contributed by atoms with E-state index in [1.54, 1.807) is 7.11 Å². The molecule has 1 aromatic rings. The molecule has 1 N–H and O–H groups in total. The fourth-order valence-corrected chi connectivity index (χ4v) is 3.72. The van der Waals surface area contributed by atoms with Gasteiger partial charge in [0.25, 0.3) is 0 Å². The second kappa shape index (κ2) is 9.08. The Hall–Kier alpha value is 0.1000. The minimum atomic E-state index is 0.546. The molecule has 104 valence electrons. The van der Waals surface area contributed by atoms with E-state index >= 15 is 0 Å². The van der Waals surface area contributed by atoms with E-state index in [0.29, 0.717) is 12.0 Å². The zero-order valence-electron chi connectivity index (χ0n) is 11.5. The van der Waals surface area contributed by atoms with Gasteiger partial charge in [-0.3, -0.25) is 0 Å². The number of hydrogen-bond acceptors (Lipinski definition) is 3. The standard InChI is InChI=1S/C14H24BrNOS/c1-4-6-16-12(8-11(2)10-17-3)9-14-13(15)5-7-18-14/h5,7,11-12,16H,4,6,8-10H2,1-3H3. The summed E-state index contributed by atoms with van der Waals surface area (Å²) in [7, 11) is 1.78. The number of rotatable bonds is 9. The van der Waals surface area contributed by atoms with Crippen molar-refractivity contribution in [3.05, 3.63) is 20.8 Å². The molecule has 0 aliphatic heterocycles. The number of nitrogens with one attached hydrogen (secondary N) is 1. The second-order valence-corrected chi connectivity index (χ2v) is 6.70. The van der Waals surface area contributed by atoms with Crippen LogP contribution in [0.5, 0.6) is 0 Å². The lowest BCUT2D eigenvalue weighted by Gasteiger charge is -2.21. The third-order valence-corrected chi connectivity index (χ3v) is 4.89. The van der Waals surface area contributed by atoms with Crippen LogP contribution >= 0.6 is 27.3 Å². The Bertz CT molecular complexity index is 329. The van der Waals surface area contributed by atoms with Gasteiger partial charge in [-0.05, 0) is 59.1 Å². The lowest BCUT2D eigenvalue weighted by molar-refractivity contribution is 0.149. The summed E-state index contributed by atoms with van der Waals surface area (Å²) in [6, 6.07) is 2.68. The molecule has 2 atom stereocenters. The van der Waals surface area contributed by atoms with Crippen LogP contribution in [0.3, 0.4) is 0 Å². The van der Waals surface area contributed by atoms with E-state index in [-0.39, 0.29) is 0 Å². The van der Waals surface area contributed by atoms with Crippen LogP contribution in [0.25, 0.3) is 0 Å². The number of methoxy groups -OCH3 is 1. The molecule has 0 fully saturated rings. The fraction of sp³-hybridized carbons (Fsp3) is 0.714. The van der Waals surface area contributed by atoms with Gasteiger partial charge in [-0.15, -0.1) is 11.3 Å². The highest BCUT2D eigenvalue weighted by molar-refractivity contribution is 9.10.